The van der Waals surface area contributed by atoms with Gasteiger partial charge in [0.15, 0.2) is 0 Å². The zero-order valence-electron chi connectivity index (χ0n) is 3.43. The van der Waals surface area contributed by atoms with Crippen LogP contribution in [0.5, 0.6) is 0 Å². The van der Waals surface area contributed by atoms with Crippen LogP contribution in [0, 0.1) is 0 Å². The Morgan fingerprint density at radius 3 is 2.25 bits per heavy atom. The Labute approximate surface area is 93.4 Å². The monoisotopic (exact) mass is 157 g/mol. The van der Waals surface area contributed by atoms with Crippen molar-refractivity contribution in [3.8, 4) is 0 Å². The van der Waals surface area contributed by atoms with Crippen molar-refractivity contribution in [2.24, 2.45) is 0 Å². The maximum absolute atomic E-state index is 10.1. The topological polar surface area (TPSA) is 46.2 Å². The molecule has 1 aliphatic rings. The van der Waals surface area contributed by atoms with E-state index in [0.717, 1.165) is 11.8 Å². The molecule has 0 aromatic rings. The Morgan fingerprint density at radius 2 is 2.12 bits per heavy atom. The van der Waals surface area contributed by atoms with Gasteiger partial charge >= 0.3 is 51.4 Å². The quantitative estimate of drug-likeness (QED) is 0.474. The molecule has 0 radical (unpaired) electrons. The molecule has 0 aromatic carbocycles. The van der Waals surface area contributed by atoms with E-state index in [1.165, 1.54) is 0 Å². The van der Waals surface area contributed by atoms with E-state index in [1.54, 1.807) is 0 Å². The van der Waals surface area contributed by atoms with E-state index in [9.17, 15) is 9.59 Å². The summed E-state index contributed by atoms with van der Waals surface area (Å²) < 4.78 is 0. The van der Waals surface area contributed by atoms with Gasteiger partial charge in [0.25, 0.3) is 5.24 Å². The molecule has 0 atom stereocenters. The minimum atomic E-state index is -0.231. The fourth-order valence-corrected chi connectivity index (χ4v) is 0.837. The number of rotatable bonds is 0. The maximum atomic E-state index is 10.1. The molecule has 0 aliphatic carbocycles. The number of hydrogen-bond acceptors (Lipinski definition) is 3. The van der Waals surface area contributed by atoms with E-state index in [-0.39, 0.29) is 62.5 Å². The number of carbonyl (C=O) groups is 2. The number of imide groups is 1. The van der Waals surface area contributed by atoms with Gasteiger partial charge in [-0.3, -0.25) is 14.9 Å². The molecule has 0 unspecified atom stereocenters. The summed E-state index contributed by atoms with van der Waals surface area (Å²) in [5, 5.41) is 1.87. The Hall–Kier alpha value is 1.13. The molecular weight excluding hydrogens is 153 g/mol. The molecule has 2 amide bonds. The van der Waals surface area contributed by atoms with Crippen molar-refractivity contribution >= 4 is 74.3 Å². The zero-order valence-corrected chi connectivity index (χ0v) is 4.25. The average Bonchev–Trinajstić information content (AvgIpc) is 1.87. The van der Waals surface area contributed by atoms with Crippen LogP contribution in [0.1, 0.15) is 0 Å². The molecule has 5 heteroatoms. The van der Waals surface area contributed by atoms with Crippen LogP contribution < -0.4 is 5.32 Å². The summed E-state index contributed by atoms with van der Waals surface area (Å²) in [7, 11) is 0. The summed E-state index contributed by atoms with van der Waals surface area (Å²) in [5.41, 5.74) is 0. The summed E-state index contributed by atoms with van der Waals surface area (Å²) in [6.07, 6.45) is 0. The normalized spacial score (nSPS) is 17.5. The average molecular weight is 157 g/mol. The number of hydrogen-bond donors (Lipinski definition) is 1. The van der Waals surface area contributed by atoms with Gasteiger partial charge in [0.05, 0.1) is 5.75 Å². The fourth-order valence-electron chi connectivity index (χ4n) is 0.317. The standard InChI is InChI=1S/C3H3NO2S.K.H/c5-2-1-7-3(6)4-2;;/h1H2,(H,4,5,6);;. The minimum absolute atomic E-state index is 0. The van der Waals surface area contributed by atoms with Crippen LogP contribution in [0.4, 0.5) is 4.79 Å². The molecule has 1 N–H and O–H groups in total. The molecule has 1 heterocycles. The Bertz CT molecular complexity index is 112. The summed E-state index contributed by atoms with van der Waals surface area (Å²) >= 11 is 1.01. The van der Waals surface area contributed by atoms with Crippen LogP contribution in [0.2, 0.25) is 0 Å². The first-order valence-corrected chi connectivity index (χ1v) is 2.74. The van der Waals surface area contributed by atoms with Crippen molar-refractivity contribution in [2.75, 3.05) is 5.75 Å². The molecule has 8 heavy (non-hydrogen) atoms. The van der Waals surface area contributed by atoms with Gasteiger partial charge < -0.3 is 0 Å². The molecule has 0 saturated carbocycles. The van der Waals surface area contributed by atoms with Gasteiger partial charge in [-0.05, 0) is 0 Å². The van der Waals surface area contributed by atoms with E-state index >= 15 is 0 Å². The molecule has 0 bridgehead atoms. The Morgan fingerprint density at radius 1 is 1.50 bits per heavy atom. The van der Waals surface area contributed by atoms with Gasteiger partial charge in [-0.2, -0.15) is 0 Å². The third-order valence-corrected chi connectivity index (χ3v) is 1.35. The molecule has 0 spiro atoms. The first-order valence-electron chi connectivity index (χ1n) is 1.75. The molecule has 3 nitrogen and oxygen atoms in total. The van der Waals surface area contributed by atoms with Gasteiger partial charge in [-0.1, -0.05) is 11.8 Å². The van der Waals surface area contributed by atoms with Crippen LogP contribution in [-0.2, 0) is 4.79 Å². The third kappa shape index (κ3) is 2.61. The van der Waals surface area contributed by atoms with Crippen molar-refractivity contribution in [1.82, 2.24) is 5.32 Å². The Kier molecular flexibility index (Phi) is 4.59. The van der Waals surface area contributed by atoms with E-state index in [1.807, 2.05) is 0 Å². The van der Waals surface area contributed by atoms with Crippen molar-refractivity contribution in [3.63, 3.8) is 0 Å². The summed E-state index contributed by atoms with van der Waals surface area (Å²) in [4.78, 5) is 20.2. The molecule has 1 saturated heterocycles. The second kappa shape index (κ2) is 4.02. The van der Waals surface area contributed by atoms with Gasteiger partial charge in [0, 0.05) is 0 Å². The van der Waals surface area contributed by atoms with Crippen LogP contribution in [-0.4, -0.2) is 68.3 Å². The summed E-state index contributed by atoms with van der Waals surface area (Å²) in [6, 6.07) is 0. The number of nitrogens with one attached hydrogen (secondary N) is 1. The number of thioether (sulfide) groups is 1. The van der Waals surface area contributed by atoms with Gasteiger partial charge in [-0.25, -0.2) is 0 Å². The van der Waals surface area contributed by atoms with Crippen LogP contribution in [0.15, 0.2) is 0 Å². The van der Waals surface area contributed by atoms with Gasteiger partial charge in [-0.15, -0.1) is 0 Å². The predicted molar refractivity (Wildman–Crippen MR) is 33.1 cm³/mol. The molecule has 1 fully saturated rings. The van der Waals surface area contributed by atoms with Crippen molar-refractivity contribution in [1.29, 1.82) is 0 Å². The van der Waals surface area contributed by atoms with E-state index in [4.69, 9.17) is 0 Å². The van der Waals surface area contributed by atoms with Crippen LogP contribution in [0.25, 0.3) is 0 Å². The second-order valence-corrected chi connectivity index (χ2v) is 2.07. The van der Waals surface area contributed by atoms with E-state index in [2.05, 4.69) is 5.32 Å². The van der Waals surface area contributed by atoms with Gasteiger partial charge in [0.1, 0.15) is 0 Å². The van der Waals surface area contributed by atoms with Crippen LogP contribution >= 0.6 is 11.8 Å². The SMILES string of the molecule is O=C1CSC(=O)N1.[KH]. The molecule has 0 aromatic heterocycles. The molecule has 40 valence electrons. The fraction of sp³-hybridized carbons (Fsp3) is 0.333. The number of carbonyl (C=O) groups excluding carboxylic acids is 2. The molecule has 1 aliphatic heterocycles. The van der Waals surface area contributed by atoms with Crippen molar-refractivity contribution in [2.45, 2.75) is 0 Å². The number of amides is 2. The predicted octanol–water partition coefficient (Wildman–Crippen LogP) is -0.679. The van der Waals surface area contributed by atoms with Crippen molar-refractivity contribution in [3.05, 3.63) is 0 Å². The second-order valence-electron chi connectivity index (χ2n) is 1.12. The van der Waals surface area contributed by atoms with Crippen LogP contribution in [0.3, 0.4) is 0 Å². The Balaban J connectivity index is 0.000000490. The zero-order chi connectivity index (χ0) is 5.28. The summed E-state index contributed by atoms with van der Waals surface area (Å²) in [6.45, 7) is 0. The summed E-state index contributed by atoms with van der Waals surface area (Å²) in [5.74, 6) is 0.105. The first-order chi connectivity index (χ1) is 3.29. The third-order valence-electron chi connectivity index (χ3n) is 0.576. The first kappa shape index (κ1) is 9.13. The molecular formula is C3H4KNO2S. The van der Waals surface area contributed by atoms with Crippen molar-refractivity contribution < 1.29 is 9.59 Å². The van der Waals surface area contributed by atoms with Gasteiger partial charge in [0.2, 0.25) is 5.91 Å². The molecule has 1 rings (SSSR count). The van der Waals surface area contributed by atoms with E-state index < -0.39 is 0 Å². The van der Waals surface area contributed by atoms with E-state index in [0.29, 0.717) is 5.75 Å².